The Hall–Kier alpha value is -0.537. The number of hydrogen-bond donors (Lipinski definition) is 0. The van der Waals surface area contributed by atoms with Crippen LogP contribution in [-0.4, -0.2) is 73.6 Å². The first-order valence-corrected chi connectivity index (χ1v) is 13.2. The Kier molecular flexibility index (Phi) is 31.1. The number of rotatable bonds is 12. The van der Waals surface area contributed by atoms with Gasteiger partial charge in [-0.2, -0.15) is 0 Å². The Bertz CT molecular complexity index is 428. The fourth-order valence-electron chi connectivity index (χ4n) is 2.61. The van der Waals surface area contributed by atoms with E-state index in [2.05, 4.69) is 95.1 Å². The molecular weight excluding hydrogens is 458 g/mol. The molecule has 0 aromatic rings. The van der Waals surface area contributed by atoms with E-state index in [9.17, 15) is 0 Å². The molecule has 0 aliphatic heterocycles. The minimum absolute atomic E-state index is 1.02. The summed E-state index contributed by atoms with van der Waals surface area (Å²) >= 11 is 1.58. The molecule has 0 N–H and O–H groups in total. The van der Waals surface area contributed by atoms with Crippen LogP contribution in [0.5, 0.6) is 0 Å². The Balaban J connectivity index is -0.000000337. The number of allylic oxidation sites excluding steroid dienone is 4. The van der Waals surface area contributed by atoms with Crippen molar-refractivity contribution in [3.05, 3.63) is 59.0 Å². The Morgan fingerprint density at radius 2 is 1.00 bits per heavy atom. The zero-order valence-electron chi connectivity index (χ0n) is 21.9. The van der Waals surface area contributed by atoms with Gasteiger partial charge in [0.2, 0.25) is 0 Å². The topological polar surface area (TPSA) is 9.72 Å². The zero-order valence-corrected chi connectivity index (χ0v) is 24.4. The van der Waals surface area contributed by atoms with Crippen LogP contribution in [0.25, 0.3) is 0 Å². The van der Waals surface area contributed by atoms with Crippen molar-refractivity contribution in [1.29, 1.82) is 0 Å². The van der Waals surface area contributed by atoms with Gasteiger partial charge in [-0.05, 0) is 39.3 Å². The molecule has 0 radical (unpaired) electrons. The predicted molar refractivity (Wildman–Crippen MR) is 140 cm³/mol. The van der Waals surface area contributed by atoms with Crippen molar-refractivity contribution in [2.45, 2.75) is 54.9 Å². The molecule has 0 bridgehead atoms. The molecule has 3 nitrogen and oxygen atoms in total. The third kappa shape index (κ3) is 23.9. The second kappa shape index (κ2) is 27.5. The van der Waals surface area contributed by atoms with Crippen molar-refractivity contribution >= 4 is 0 Å². The van der Waals surface area contributed by atoms with Crippen LogP contribution in [0.3, 0.4) is 0 Å². The quantitative estimate of drug-likeness (QED) is 0.285. The number of hydrogen-bond acceptors (Lipinski definition) is 3. The van der Waals surface area contributed by atoms with Crippen molar-refractivity contribution in [2.75, 3.05) is 58.9 Å². The Morgan fingerprint density at radius 1 is 0.710 bits per heavy atom. The van der Waals surface area contributed by atoms with Gasteiger partial charge in [-0.25, -0.2) is 0 Å². The first-order chi connectivity index (χ1) is 14.8. The maximum atomic E-state index is 3.65. The molecule has 0 unspecified atom stereocenters. The van der Waals surface area contributed by atoms with Crippen molar-refractivity contribution in [1.82, 2.24) is 14.7 Å². The van der Waals surface area contributed by atoms with E-state index in [-0.39, 0.29) is 0 Å². The molecular formula is C27H52N3Zr. The molecule has 0 saturated carbocycles. The van der Waals surface area contributed by atoms with Crippen molar-refractivity contribution in [3.63, 3.8) is 0 Å². The van der Waals surface area contributed by atoms with Crippen LogP contribution in [0, 0.1) is 0 Å². The summed E-state index contributed by atoms with van der Waals surface area (Å²) in [5, 5.41) is 0. The molecule has 0 aromatic carbocycles. The average molecular weight is 510 g/mol. The molecule has 179 valence electrons. The molecule has 1 aliphatic rings. The van der Waals surface area contributed by atoms with Gasteiger partial charge in [-0.15, -0.1) is 19.7 Å². The summed E-state index contributed by atoms with van der Waals surface area (Å²) < 4.78 is 1.60. The fourth-order valence-corrected chi connectivity index (χ4v) is 3.10. The third-order valence-corrected chi connectivity index (χ3v) is 6.48. The van der Waals surface area contributed by atoms with Gasteiger partial charge in [0, 0.05) is 19.6 Å². The summed E-state index contributed by atoms with van der Waals surface area (Å²) in [6, 6.07) is 0. The molecule has 31 heavy (non-hydrogen) atoms. The second-order valence-electron chi connectivity index (χ2n) is 7.09. The maximum absolute atomic E-state index is 3.65. The summed E-state index contributed by atoms with van der Waals surface area (Å²) in [5.74, 6) is 0. The van der Waals surface area contributed by atoms with E-state index in [1.54, 1.807) is 28.0 Å². The Morgan fingerprint density at radius 3 is 1.06 bits per heavy atom. The molecule has 0 amide bonds. The van der Waals surface area contributed by atoms with Gasteiger partial charge in [-0.1, -0.05) is 59.8 Å². The van der Waals surface area contributed by atoms with Crippen LogP contribution in [-0.2, 0) is 24.7 Å². The number of nitrogens with zero attached hydrogens (tertiary/aromatic N) is 3. The van der Waals surface area contributed by atoms with E-state index in [4.69, 9.17) is 0 Å². The van der Waals surface area contributed by atoms with Gasteiger partial charge in [0.15, 0.2) is 0 Å². The van der Waals surface area contributed by atoms with Crippen molar-refractivity contribution in [2.24, 2.45) is 0 Å². The van der Waals surface area contributed by atoms with Crippen LogP contribution in [0.15, 0.2) is 59.0 Å². The van der Waals surface area contributed by atoms with Crippen LogP contribution >= 0.6 is 0 Å². The zero-order chi connectivity index (χ0) is 24.5. The molecule has 0 fully saturated rings. The van der Waals surface area contributed by atoms with E-state index < -0.39 is 0 Å². The molecule has 0 saturated heterocycles. The van der Waals surface area contributed by atoms with Crippen LogP contribution in [0.1, 0.15) is 54.9 Å². The fraction of sp³-hybridized carbons (Fsp3) is 0.630. The minimum atomic E-state index is 1.02. The SMILES string of the molecule is C=CCN(CC)CC.C=CCN(CC)CC.C=CCN(CC)CC.CC1=[C]([Zr])CC=C1. The van der Waals surface area contributed by atoms with E-state index in [1.165, 1.54) is 12.0 Å². The summed E-state index contributed by atoms with van der Waals surface area (Å²) in [6.07, 6.45) is 11.4. The first-order valence-electron chi connectivity index (χ1n) is 11.9. The van der Waals surface area contributed by atoms with Gasteiger partial charge in [0.05, 0.1) is 0 Å². The average Bonchev–Trinajstić information content (AvgIpc) is 3.17. The molecule has 0 heterocycles. The molecule has 1 rings (SSSR count). The standard InChI is InChI=1S/3C7H15N.C6H7.Zr/c3*1-4-7-8(5-2)6-3;1-6-4-2-3-5-6;/h3*4H,1,5-7H2,2-3H3;2,4H,3H2,1H3;. The summed E-state index contributed by atoms with van der Waals surface area (Å²) in [6.45, 7) is 35.9. The molecule has 0 spiro atoms. The van der Waals surface area contributed by atoms with E-state index in [0.717, 1.165) is 58.9 Å². The Labute approximate surface area is 211 Å². The van der Waals surface area contributed by atoms with Gasteiger partial charge >= 0.3 is 59.1 Å². The summed E-state index contributed by atoms with van der Waals surface area (Å²) in [5.41, 5.74) is 1.48. The van der Waals surface area contributed by atoms with E-state index in [1.807, 2.05) is 18.2 Å². The van der Waals surface area contributed by atoms with Gasteiger partial charge < -0.3 is 14.7 Å². The van der Waals surface area contributed by atoms with Gasteiger partial charge in [-0.3, -0.25) is 0 Å². The van der Waals surface area contributed by atoms with Gasteiger partial charge in [0.25, 0.3) is 0 Å². The van der Waals surface area contributed by atoms with E-state index in [0.29, 0.717) is 0 Å². The van der Waals surface area contributed by atoms with Crippen molar-refractivity contribution in [3.8, 4) is 0 Å². The third-order valence-electron chi connectivity index (χ3n) is 5.01. The predicted octanol–water partition coefficient (Wildman–Crippen LogP) is 6.31. The summed E-state index contributed by atoms with van der Waals surface area (Å²) in [7, 11) is 0. The van der Waals surface area contributed by atoms with Crippen LogP contribution in [0.4, 0.5) is 0 Å². The van der Waals surface area contributed by atoms with Crippen molar-refractivity contribution < 1.29 is 24.7 Å². The first kappa shape index (κ1) is 35.1. The number of likely N-dealkylation sites (N-methyl/N-ethyl adjacent to an activating group) is 3. The molecule has 0 aromatic heterocycles. The van der Waals surface area contributed by atoms with Gasteiger partial charge in [0.1, 0.15) is 0 Å². The second-order valence-corrected chi connectivity index (χ2v) is 8.58. The normalized spacial score (nSPS) is 11.9. The molecule has 0 atom stereocenters. The van der Waals surface area contributed by atoms with Crippen LogP contribution in [0.2, 0.25) is 0 Å². The molecule has 1 aliphatic carbocycles. The van der Waals surface area contributed by atoms with E-state index >= 15 is 0 Å². The molecule has 4 heteroatoms. The van der Waals surface area contributed by atoms with Crippen LogP contribution < -0.4 is 0 Å². The summed E-state index contributed by atoms with van der Waals surface area (Å²) in [4.78, 5) is 6.94. The monoisotopic (exact) mass is 508 g/mol.